The second-order valence-electron chi connectivity index (χ2n) is 11.5. The third kappa shape index (κ3) is 5.57. The molecular formula is C35H34N8. The van der Waals surface area contributed by atoms with E-state index < -0.39 is 0 Å². The Morgan fingerprint density at radius 3 is 2.42 bits per heavy atom. The summed E-state index contributed by atoms with van der Waals surface area (Å²) in [6.45, 7) is 8.35. The van der Waals surface area contributed by atoms with Crippen molar-refractivity contribution in [3.63, 3.8) is 0 Å². The Bertz CT molecular complexity index is 2010. The highest BCUT2D eigenvalue weighted by Crippen LogP contribution is 2.33. The van der Waals surface area contributed by atoms with Crippen LogP contribution in [0.15, 0.2) is 84.7 Å². The molecule has 0 saturated heterocycles. The highest BCUT2D eigenvalue weighted by molar-refractivity contribution is 5.95. The normalized spacial score (nSPS) is 14.0. The number of pyridine rings is 3. The van der Waals surface area contributed by atoms with Gasteiger partial charge in [0.05, 0.1) is 28.4 Å². The van der Waals surface area contributed by atoms with Crippen molar-refractivity contribution >= 4 is 50.3 Å². The van der Waals surface area contributed by atoms with E-state index in [9.17, 15) is 0 Å². The van der Waals surface area contributed by atoms with Gasteiger partial charge < -0.3 is 20.5 Å². The molecule has 43 heavy (non-hydrogen) atoms. The number of nitrogens with one attached hydrogen (secondary N) is 3. The van der Waals surface area contributed by atoms with Crippen molar-refractivity contribution in [1.82, 2.24) is 29.8 Å². The van der Waals surface area contributed by atoms with Crippen LogP contribution in [-0.2, 0) is 0 Å². The number of hydrogen-bond acceptors (Lipinski definition) is 7. The molecule has 0 aliphatic carbocycles. The lowest BCUT2D eigenvalue weighted by Gasteiger charge is -2.26. The number of anilines is 4. The van der Waals surface area contributed by atoms with Gasteiger partial charge in [-0.25, -0.2) is 4.98 Å². The van der Waals surface area contributed by atoms with Crippen LogP contribution in [0.25, 0.3) is 39.0 Å². The van der Waals surface area contributed by atoms with E-state index in [2.05, 4.69) is 69.8 Å². The van der Waals surface area contributed by atoms with Gasteiger partial charge in [-0.2, -0.15) is 0 Å². The summed E-state index contributed by atoms with van der Waals surface area (Å²) in [5, 5.41) is 8.15. The van der Waals surface area contributed by atoms with Crippen molar-refractivity contribution in [2.45, 2.75) is 27.2 Å². The second-order valence-corrected chi connectivity index (χ2v) is 11.5. The third-order valence-electron chi connectivity index (χ3n) is 8.00. The first-order chi connectivity index (χ1) is 20.9. The maximum atomic E-state index is 4.80. The molecule has 1 aliphatic heterocycles. The molecule has 0 spiro atoms. The molecule has 0 saturated carbocycles. The minimum Gasteiger partial charge on any atom is -0.355 e. The Labute approximate surface area is 251 Å². The summed E-state index contributed by atoms with van der Waals surface area (Å²) in [4.78, 5) is 24.4. The average molecular weight is 567 g/mol. The Morgan fingerprint density at radius 2 is 1.60 bits per heavy atom. The Morgan fingerprint density at radius 1 is 0.767 bits per heavy atom. The van der Waals surface area contributed by atoms with Gasteiger partial charge >= 0.3 is 0 Å². The summed E-state index contributed by atoms with van der Waals surface area (Å²) in [6.07, 6.45) is 4.72. The fraction of sp³-hybridized carbons (Fsp3) is 0.200. The van der Waals surface area contributed by atoms with Crippen molar-refractivity contribution < 1.29 is 0 Å². The molecule has 0 radical (unpaired) electrons. The number of rotatable bonds is 6. The minimum atomic E-state index is 0.732. The fourth-order valence-corrected chi connectivity index (χ4v) is 5.90. The largest absolute Gasteiger partial charge is 0.355 e. The highest BCUT2D eigenvalue weighted by atomic mass is 15.1. The summed E-state index contributed by atoms with van der Waals surface area (Å²) < 4.78 is 0. The van der Waals surface area contributed by atoms with Crippen LogP contribution in [0.5, 0.6) is 0 Å². The quantitative estimate of drug-likeness (QED) is 0.189. The number of hydrogen-bond donors (Lipinski definition) is 3. The zero-order valence-electron chi connectivity index (χ0n) is 24.9. The van der Waals surface area contributed by atoms with Crippen molar-refractivity contribution in [2.24, 2.45) is 0 Å². The molecule has 7 rings (SSSR count). The van der Waals surface area contributed by atoms with Gasteiger partial charge in [0.25, 0.3) is 0 Å². The van der Waals surface area contributed by atoms with Gasteiger partial charge in [0.15, 0.2) is 5.82 Å². The predicted octanol–water partition coefficient (Wildman–Crippen LogP) is 7.78. The van der Waals surface area contributed by atoms with Gasteiger partial charge in [0, 0.05) is 53.1 Å². The topological polar surface area (TPSA) is 94.7 Å². The molecule has 0 unspecified atom stereocenters. The SMILES string of the molecule is CC1=C(c2ccc3nc(C)cc(Nc4ccc(-c5nc6ccc(Nc7ccnc(C)c7)cc6[nH]5)nc4)c3c2)CCN(C)C1. The third-order valence-corrected chi connectivity index (χ3v) is 8.00. The van der Waals surface area contributed by atoms with Gasteiger partial charge in [0.2, 0.25) is 0 Å². The number of nitrogens with zero attached hydrogens (tertiary/aromatic N) is 5. The van der Waals surface area contributed by atoms with Crippen molar-refractivity contribution in [3.05, 3.63) is 102 Å². The van der Waals surface area contributed by atoms with Crippen LogP contribution < -0.4 is 10.6 Å². The Kier molecular flexibility index (Phi) is 6.83. The number of likely N-dealkylation sites (N-methyl/N-ethyl adjacent to an activating group) is 1. The molecule has 0 amide bonds. The van der Waals surface area contributed by atoms with E-state index in [0.717, 1.165) is 87.1 Å². The van der Waals surface area contributed by atoms with Gasteiger partial charge in [0.1, 0.15) is 5.69 Å². The van der Waals surface area contributed by atoms with Crippen LogP contribution in [0, 0.1) is 13.8 Å². The molecule has 4 aromatic heterocycles. The highest BCUT2D eigenvalue weighted by Gasteiger charge is 2.16. The van der Waals surface area contributed by atoms with Gasteiger partial charge in [-0.05, 0) is 106 Å². The van der Waals surface area contributed by atoms with Gasteiger partial charge in [-0.1, -0.05) is 11.6 Å². The van der Waals surface area contributed by atoms with E-state index in [1.165, 1.54) is 16.7 Å². The molecule has 214 valence electrons. The van der Waals surface area contributed by atoms with E-state index in [1.807, 2.05) is 56.4 Å². The lowest BCUT2D eigenvalue weighted by molar-refractivity contribution is 0.359. The van der Waals surface area contributed by atoms with Crippen LogP contribution in [0.3, 0.4) is 0 Å². The van der Waals surface area contributed by atoms with Crippen molar-refractivity contribution in [3.8, 4) is 11.5 Å². The number of H-pyrrole nitrogens is 1. The summed E-state index contributed by atoms with van der Waals surface area (Å²) in [5.74, 6) is 0.732. The fourth-order valence-electron chi connectivity index (χ4n) is 5.90. The molecule has 6 aromatic rings. The molecule has 8 heteroatoms. The van der Waals surface area contributed by atoms with Crippen LogP contribution in [0.1, 0.15) is 30.3 Å². The summed E-state index contributed by atoms with van der Waals surface area (Å²) in [5.41, 5.74) is 13.6. The zero-order valence-corrected chi connectivity index (χ0v) is 24.9. The summed E-state index contributed by atoms with van der Waals surface area (Å²) >= 11 is 0. The molecular weight excluding hydrogens is 532 g/mol. The number of fused-ring (bicyclic) bond motifs is 2. The standard InChI is InChI=1S/C35H34N8/c1-21-20-43(4)14-12-28(21)24-5-8-30-29(17-24)33(16-23(3)38-30)40-27-7-10-32(37-19-27)35-41-31-9-6-25(18-34(31)42-35)39-26-11-13-36-22(2)15-26/h5-11,13,15-19H,12,14,20H2,1-4H3,(H,36,39)(H,38,40)(H,41,42). The lowest BCUT2D eigenvalue weighted by atomic mass is 9.93. The van der Waals surface area contributed by atoms with E-state index in [-0.39, 0.29) is 0 Å². The molecule has 0 atom stereocenters. The Balaban J connectivity index is 1.14. The smallest absolute Gasteiger partial charge is 0.157 e. The minimum absolute atomic E-state index is 0.732. The number of aromatic nitrogens is 5. The maximum absolute atomic E-state index is 4.80. The number of imidazole rings is 1. The van der Waals surface area contributed by atoms with Crippen molar-refractivity contribution in [2.75, 3.05) is 30.8 Å². The monoisotopic (exact) mass is 566 g/mol. The predicted molar refractivity (Wildman–Crippen MR) is 176 cm³/mol. The van der Waals surface area contributed by atoms with Crippen LogP contribution in [0.2, 0.25) is 0 Å². The van der Waals surface area contributed by atoms with Crippen LogP contribution in [-0.4, -0.2) is 50.0 Å². The van der Waals surface area contributed by atoms with E-state index >= 15 is 0 Å². The molecule has 0 bridgehead atoms. The van der Waals surface area contributed by atoms with Gasteiger partial charge in [-0.15, -0.1) is 0 Å². The molecule has 8 nitrogen and oxygen atoms in total. The summed E-state index contributed by atoms with van der Waals surface area (Å²) in [7, 11) is 2.18. The molecule has 5 heterocycles. The first kappa shape index (κ1) is 26.8. The first-order valence-electron chi connectivity index (χ1n) is 14.6. The van der Waals surface area contributed by atoms with E-state index in [0.29, 0.717) is 0 Å². The molecule has 1 aliphatic rings. The first-order valence-corrected chi connectivity index (χ1v) is 14.6. The van der Waals surface area contributed by atoms with E-state index in [1.54, 1.807) is 6.20 Å². The zero-order chi connectivity index (χ0) is 29.5. The number of aromatic amines is 1. The van der Waals surface area contributed by atoms with Crippen LogP contribution in [0.4, 0.5) is 22.7 Å². The molecule has 0 fully saturated rings. The summed E-state index contributed by atoms with van der Waals surface area (Å²) in [6, 6.07) is 22.9. The maximum Gasteiger partial charge on any atom is 0.157 e. The van der Waals surface area contributed by atoms with Crippen LogP contribution >= 0.6 is 0 Å². The second kappa shape index (κ2) is 11.0. The van der Waals surface area contributed by atoms with Gasteiger partial charge in [-0.3, -0.25) is 15.0 Å². The number of aryl methyl sites for hydroxylation is 2. The number of benzene rings is 2. The lowest BCUT2D eigenvalue weighted by Crippen LogP contribution is -2.26. The Hall–Kier alpha value is -5.08. The van der Waals surface area contributed by atoms with E-state index in [4.69, 9.17) is 15.0 Å². The molecule has 2 aromatic carbocycles. The average Bonchev–Trinajstić information content (AvgIpc) is 3.41. The van der Waals surface area contributed by atoms with Crippen molar-refractivity contribution in [1.29, 1.82) is 0 Å². The molecule has 3 N–H and O–H groups in total.